The molecule has 5 rings (SSSR count). The van der Waals surface area contributed by atoms with Gasteiger partial charge in [0.2, 0.25) is 5.91 Å². The van der Waals surface area contributed by atoms with Gasteiger partial charge in [-0.3, -0.25) is 14.7 Å². The van der Waals surface area contributed by atoms with Gasteiger partial charge in [0, 0.05) is 23.1 Å². The number of benzene rings is 3. The van der Waals surface area contributed by atoms with Gasteiger partial charge in [0.25, 0.3) is 0 Å². The number of halogens is 2. The monoisotopic (exact) mass is 620 g/mol. The second-order valence-corrected chi connectivity index (χ2v) is 13.2. The summed E-state index contributed by atoms with van der Waals surface area (Å²) in [6, 6.07) is 20.9. The van der Waals surface area contributed by atoms with Crippen molar-refractivity contribution in [1.29, 1.82) is 0 Å². The van der Waals surface area contributed by atoms with Crippen LogP contribution in [0.4, 0.5) is 4.79 Å². The molecule has 3 amide bonds. The lowest BCUT2D eigenvalue weighted by molar-refractivity contribution is -0.123. The molecule has 7 nitrogen and oxygen atoms in total. The molecule has 3 aromatic carbocycles. The van der Waals surface area contributed by atoms with Crippen LogP contribution >= 0.6 is 23.2 Å². The van der Waals surface area contributed by atoms with Crippen LogP contribution in [0, 0.1) is 0 Å². The molecule has 1 fully saturated rings. The lowest BCUT2D eigenvalue weighted by Gasteiger charge is -2.47. The minimum Gasteiger partial charge on any atom is -0.493 e. The number of hydrogen-bond donors (Lipinski definition) is 1. The zero-order chi connectivity index (χ0) is 31.2. The Morgan fingerprint density at radius 3 is 2.14 bits per heavy atom. The molecule has 1 saturated heterocycles. The van der Waals surface area contributed by atoms with Crippen LogP contribution < -0.4 is 10.1 Å². The SMILES string of the molecule is CCOc1cc(C(C)(C)C)ccc1C1=N[C@@](C)(c2ccc(Cl)cc2)[C@@](C)(c2ccc(Cl)cc2)N1C(=O)N1CCNC(=O)C1. The Bertz CT molecular complexity index is 1570. The molecule has 2 heterocycles. The summed E-state index contributed by atoms with van der Waals surface area (Å²) >= 11 is 12.7. The van der Waals surface area contributed by atoms with Gasteiger partial charge in [0.15, 0.2) is 0 Å². The van der Waals surface area contributed by atoms with Gasteiger partial charge in [-0.1, -0.05) is 74.3 Å². The van der Waals surface area contributed by atoms with E-state index in [1.807, 2.05) is 81.4 Å². The maximum absolute atomic E-state index is 14.8. The summed E-state index contributed by atoms with van der Waals surface area (Å²) in [6.45, 7) is 13.6. The molecule has 43 heavy (non-hydrogen) atoms. The highest BCUT2D eigenvalue weighted by Crippen LogP contribution is 2.54. The minimum absolute atomic E-state index is 0.0434. The second kappa shape index (κ2) is 11.5. The number of amidine groups is 1. The number of carbonyl (C=O) groups is 2. The first-order valence-corrected chi connectivity index (χ1v) is 15.3. The van der Waals surface area contributed by atoms with Crippen molar-refractivity contribution >= 4 is 41.0 Å². The summed E-state index contributed by atoms with van der Waals surface area (Å²) < 4.78 is 6.22. The highest BCUT2D eigenvalue weighted by Gasteiger charge is 2.60. The number of amides is 3. The number of nitrogens with one attached hydrogen (secondary N) is 1. The molecule has 0 aliphatic carbocycles. The molecule has 0 bridgehead atoms. The molecule has 3 aromatic rings. The lowest BCUT2D eigenvalue weighted by Crippen LogP contribution is -2.61. The van der Waals surface area contributed by atoms with E-state index in [9.17, 15) is 9.59 Å². The fourth-order valence-electron chi connectivity index (χ4n) is 5.96. The Morgan fingerprint density at radius 2 is 1.58 bits per heavy atom. The van der Waals surface area contributed by atoms with Crippen molar-refractivity contribution in [3.8, 4) is 5.75 Å². The fraction of sp³-hybridized carbons (Fsp3) is 0.382. The van der Waals surface area contributed by atoms with Gasteiger partial charge in [0.05, 0.1) is 12.2 Å². The topological polar surface area (TPSA) is 74.2 Å². The summed E-state index contributed by atoms with van der Waals surface area (Å²) in [6.07, 6.45) is 0. The van der Waals surface area contributed by atoms with Gasteiger partial charge in [-0.2, -0.15) is 0 Å². The van der Waals surface area contributed by atoms with Crippen molar-refractivity contribution in [2.45, 2.75) is 58.0 Å². The Hall–Kier alpha value is -3.55. The molecule has 1 N–H and O–H groups in total. The zero-order valence-corrected chi connectivity index (χ0v) is 27.0. The van der Waals surface area contributed by atoms with Crippen LogP contribution in [-0.2, 0) is 21.3 Å². The molecule has 226 valence electrons. The number of aliphatic imine (C=N–C) groups is 1. The maximum Gasteiger partial charge on any atom is 0.327 e. The molecule has 0 spiro atoms. The molecule has 2 aliphatic heterocycles. The minimum atomic E-state index is -1.04. The number of ether oxygens (including phenoxy) is 1. The van der Waals surface area contributed by atoms with E-state index >= 15 is 0 Å². The third-order valence-electron chi connectivity index (χ3n) is 8.64. The smallest absolute Gasteiger partial charge is 0.327 e. The van der Waals surface area contributed by atoms with Crippen LogP contribution in [0.25, 0.3) is 0 Å². The lowest BCUT2D eigenvalue weighted by atomic mass is 9.71. The fourth-order valence-corrected chi connectivity index (χ4v) is 6.21. The second-order valence-electron chi connectivity index (χ2n) is 12.4. The van der Waals surface area contributed by atoms with Crippen LogP contribution in [0.15, 0.2) is 71.7 Å². The molecule has 0 aromatic heterocycles. The van der Waals surface area contributed by atoms with E-state index in [0.717, 1.165) is 16.7 Å². The van der Waals surface area contributed by atoms with Crippen molar-refractivity contribution in [1.82, 2.24) is 15.1 Å². The number of piperazine rings is 1. The number of urea groups is 1. The Balaban J connectivity index is 1.81. The third-order valence-corrected chi connectivity index (χ3v) is 9.14. The van der Waals surface area contributed by atoms with E-state index < -0.39 is 11.1 Å². The molecule has 0 radical (unpaired) electrons. The molecule has 0 saturated carbocycles. The number of hydrogen-bond acceptors (Lipinski definition) is 4. The Kier molecular flexibility index (Phi) is 8.27. The van der Waals surface area contributed by atoms with Crippen LogP contribution in [0.5, 0.6) is 5.75 Å². The highest BCUT2D eigenvalue weighted by atomic mass is 35.5. The number of carbonyl (C=O) groups excluding carboxylic acids is 2. The summed E-state index contributed by atoms with van der Waals surface area (Å²) in [4.78, 5) is 36.0. The maximum atomic E-state index is 14.8. The third kappa shape index (κ3) is 5.49. The van der Waals surface area contributed by atoms with Gasteiger partial charge >= 0.3 is 6.03 Å². The number of nitrogens with zero attached hydrogens (tertiary/aromatic N) is 3. The molecular formula is C34H38Cl2N4O3. The average Bonchev–Trinajstić information content (AvgIpc) is 3.21. The van der Waals surface area contributed by atoms with Crippen molar-refractivity contribution in [3.63, 3.8) is 0 Å². The quantitative estimate of drug-likeness (QED) is 0.329. The van der Waals surface area contributed by atoms with E-state index in [1.54, 1.807) is 9.80 Å². The predicted molar refractivity (Wildman–Crippen MR) is 172 cm³/mol. The molecular weight excluding hydrogens is 583 g/mol. The van der Waals surface area contributed by atoms with Gasteiger partial charge in [-0.25, -0.2) is 4.79 Å². The summed E-state index contributed by atoms with van der Waals surface area (Å²) in [7, 11) is 0. The van der Waals surface area contributed by atoms with Crippen LogP contribution in [0.2, 0.25) is 10.0 Å². The largest absolute Gasteiger partial charge is 0.493 e. The Labute approximate surface area is 263 Å². The van der Waals surface area contributed by atoms with Crippen molar-refractivity contribution in [2.75, 3.05) is 26.2 Å². The predicted octanol–water partition coefficient (Wildman–Crippen LogP) is 7.13. The highest BCUT2D eigenvalue weighted by molar-refractivity contribution is 6.30. The normalized spacial score (nSPS) is 22.3. The van der Waals surface area contributed by atoms with E-state index in [1.165, 1.54) is 0 Å². The Morgan fingerprint density at radius 1 is 0.977 bits per heavy atom. The van der Waals surface area contributed by atoms with Gasteiger partial charge in [0.1, 0.15) is 29.2 Å². The standard InChI is InChI=1S/C34H38Cl2N4O3/c1-7-43-28-20-24(32(2,3)4)12-17-27(28)30-38-33(5,22-8-13-25(35)14-9-22)34(6,23-10-15-26(36)16-11-23)40(30)31(42)39-19-18-37-29(41)21-39/h8-17,20H,7,18-19,21H2,1-6H3,(H,37,41)/t33-,34+/m0/s1. The van der Waals surface area contributed by atoms with E-state index in [0.29, 0.717) is 46.9 Å². The molecule has 2 atom stereocenters. The number of rotatable bonds is 5. The van der Waals surface area contributed by atoms with Crippen LogP contribution in [0.1, 0.15) is 63.8 Å². The first kappa shape index (κ1) is 30.9. The van der Waals surface area contributed by atoms with E-state index in [2.05, 4.69) is 32.2 Å². The van der Waals surface area contributed by atoms with Gasteiger partial charge in [-0.05, 0) is 79.3 Å². The first-order chi connectivity index (χ1) is 20.3. The molecule has 2 aliphatic rings. The van der Waals surface area contributed by atoms with E-state index in [-0.39, 0.29) is 23.9 Å². The summed E-state index contributed by atoms with van der Waals surface area (Å²) in [5.41, 5.74) is 1.38. The van der Waals surface area contributed by atoms with E-state index in [4.69, 9.17) is 32.9 Å². The van der Waals surface area contributed by atoms with Gasteiger partial charge < -0.3 is 15.0 Å². The van der Waals surface area contributed by atoms with Crippen LogP contribution in [-0.4, -0.2) is 53.8 Å². The van der Waals surface area contributed by atoms with Gasteiger partial charge in [-0.15, -0.1) is 0 Å². The summed E-state index contributed by atoms with van der Waals surface area (Å²) in [5.74, 6) is 0.909. The summed E-state index contributed by atoms with van der Waals surface area (Å²) in [5, 5.41) is 4.01. The van der Waals surface area contributed by atoms with Crippen molar-refractivity contribution < 1.29 is 14.3 Å². The molecule has 9 heteroatoms. The van der Waals surface area contributed by atoms with Crippen molar-refractivity contribution in [3.05, 3.63) is 99.0 Å². The molecule has 0 unspecified atom stereocenters. The van der Waals surface area contributed by atoms with Crippen molar-refractivity contribution in [2.24, 2.45) is 4.99 Å². The van der Waals surface area contributed by atoms with Crippen LogP contribution in [0.3, 0.4) is 0 Å². The average molecular weight is 622 g/mol. The first-order valence-electron chi connectivity index (χ1n) is 14.5. The zero-order valence-electron chi connectivity index (χ0n) is 25.5.